The van der Waals surface area contributed by atoms with Gasteiger partial charge >= 0.3 is 0 Å². The summed E-state index contributed by atoms with van der Waals surface area (Å²) in [4.78, 5) is 27.8. The van der Waals surface area contributed by atoms with E-state index in [9.17, 15) is 9.59 Å². The zero-order valence-corrected chi connectivity index (χ0v) is 17.3. The van der Waals surface area contributed by atoms with Crippen molar-refractivity contribution in [2.24, 2.45) is 0 Å². The summed E-state index contributed by atoms with van der Waals surface area (Å²) in [5.41, 5.74) is 1.39. The molecule has 0 saturated heterocycles. The van der Waals surface area contributed by atoms with Gasteiger partial charge in [-0.25, -0.2) is 4.90 Å². The van der Waals surface area contributed by atoms with Gasteiger partial charge in [0.1, 0.15) is 5.75 Å². The van der Waals surface area contributed by atoms with Crippen LogP contribution in [0, 0.1) is 0 Å². The number of anilines is 1. The Hall–Kier alpha value is -1.95. The molecule has 4 nitrogen and oxygen atoms in total. The third-order valence-corrected chi connectivity index (χ3v) is 5.40. The molecule has 3 rings (SSSR count). The van der Waals surface area contributed by atoms with Crippen LogP contribution in [0.25, 0.3) is 5.57 Å². The van der Waals surface area contributed by atoms with Crippen molar-refractivity contribution < 1.29 is 14.3 Å². The molecule has 27 heavy (non-hydrogen) atoms. The lowest BCUT2D eigenvalue weighted by Crippen LogP contribution is -2.31. The number of halogens is 2. The Morgan fingerprint density at radius 3 is 2.07 bits per heavy atom. The van der Waals surface area contributed by atoms with Crippen LogP contribution in [0.3, 0.4) is 0 Å². The molecule has 1 aliphatic rings. The zero-order valence-electron chi connectivity index (χ0n) is 15.0. The molecule has 7 heteroatoms. The summed E-state index contributed by atoms with van der Waals surface area (Å²) in [5, 5.41) is 0.844. The van der Waals surface area contributed by atoms with Gasteiger partial charge in [-0.05, 0) is 35.9 Å². The number of ether oxygens (including phenoxy) is 1. The lowest BCUT2D eigenvalue weighted by atomic mass is 10.1. The van der Waals surface area contributed by atoms with E-state index in [1.165, 1.54) is 11.8 Å². The van der Waals surface area contributed by atoms with Crippen LogP contribution < -0.4 is 9.64 Å². The highest BCUT2D eigenvalue weighted by Gasteiger charge is 2.40. The number of rotatable bonds is 5. The van der Waals surface area contributed by atoms with Crippen LogP contribution in [0.2, 0.25) is 10.0 Å². The highest BCUT2D eigenvalue weighted by molar-refractivity contribution is 8.04. The lowest BCUT2D eigenvalue weighted by Gasteiger charge is -2.16. The van der Waals surface area contributed by atoms with Gasteiger partial charge in [-0.3, -0.25) is 9.59 Å². The van der Waals surface area contributed by atoms with Gasteiger partial charge in [-0.2, -0.15) is 0 Å². The summed E-state index contributed by atoms with van der Waals surface area (Å²) in [6.45, 7) is 3.94. The minimum Gasteiger partial charge on any atom is -0.497 e. The van der Waals surface area contributed by atoms with E-state index >= 15 is 0 Å². The monoisotopic (exact) mass is 421 g/mol. The molecule has 2 amide bonds. The van der Waals surface area contributed by atoms with Crippen molar-refractivity contribution in [1.82, 2.24) is 0 Å². The molecule has 0 bridgehead atoms. The molecule has 0 fully saturated rings. The van der Waals surface area contributed by atoms with Crippen LogP contribution in [0.5, 0.6) is 5.75 Å². The predicted molar refractivity (Wildman–Crippen MR) is 112 cm³/mol. The number of hydrogen-bond acceptors (Lipinski definition) is 4. The lowest BCUT2D eigenvalue weighted by molar-refractivity contribution is -0.119. The molecule has 0 aliphatic carbocycles. The molecular weight excluding hydrogens is 405 g/mol. The van der Waals surface area contributed by atoms with Crippen LogP contribution in [-0.4, -0.2) is 24.2 Å². The van der Waals surface area contributed by atoms with Gasteiger partial charge in [-0.15, -0.1) is 11.8 Å². The molecule has 2 aromatic rings. The Labute approximate surface area is 172 Å². The number of nitrogens with zero attached hydrogens (tertiary/aromatic N) is 1. The first-order chi connectivity index (χ1) is 12.8. The molecule has 0 atom stereocenters. The maximum Gasteiger partial charge on any atom is 0.272 e. The van der Waals surface area contributed by atoms with Gasteiger partial charge in [0.25, 0.3) is 11.8 Å². The predicted octanol–water partition coefficient (Wildman–Crippen LogP) is 5.43. The molecule has 140 valence electrons. The molecule has 0 N–H and O–H groups in total. The fourth-order valence-corrected chi connectivity index (χ4v) is 4.27. The first kappa shape index (κ1) is 19.8. The standard InChI is InChI=1S/C20H17Cl2NO3S/c1-11(2)27-18-17(12-4-6-16(26-3)7-5-12)19(24)23(20(18)25)15-9-13(21)8-14(22)10-15/h4-11H,1-3H3. The van der Waals surface area contributed by atoms with Crippen LogP contribution in [0.4, 0.5) is 5.69 Å². The fraction of sp³-hybridized carbons (Fsp3) is 0.200. The average Bonchev–Trinajstić information content (AvgIpc) is 2.84. The largest absolute Gasteiger partial charge is 0.497 e. The number of amides is 2. The quantitative estimate of drug-likeness (QED) is 0.603. The van der Waals surface area contributed by atoms with Crippen molar-refractivity contribution in [3.8, 4) is 5.75 Å². The maximum atomic E-state index is 13.2. The van der Waals surface area contributed by atoms with Crippen molar-refractivity contribution in [2.75, 3.05) is 12.0 Å². The highest BCUT2D eigenvalue weighted by atomic mass is 35.5. The van der Waals surface area contributed by atoms with E-state index in [0.717, 1.165) is 4.90 Å². The van der Waals surface area contributed by atoms with Crippen LogP contribution in [0.15, 0.2) is 47.4 Å². The number of hydrogen-bond donors (Lipinski definition) is 0. The minimum absolute atomic E-state index is 0.132. The topological polar surface area (TPSA) is 46.6 Å². The second kappa shape index (κ2) is 7.97. The summed E-state index contributed by atoms with van der Waals surface area (Å²) < 4.78 is 5.18. The minimum atomic E-state index is -0.397. The summed E-state index contributed by atoms with van der Waals surface area (Å²) in [6.07, 6.45) is 0. The van der Waals surface area contributed by atoms with Crippen molar-refractivity contribution in [3.63, 3.8) is 0 Å². The van der Waals surface area contributed by atoms with Crippen molar-refractivity contribution >= 4 is 58.0 Å². The molecule has 1 heterocycles. The number of carbonyl (C=O) groups excluding carboxylic acids is 2. The normalized spacial score (nSPS) is 14.5. The van der Waals surface area contributed by atoms with Crippen LogP contribution in [-0.2, 0) is 9.59 Å². The van der Waals surface area contributed by atoms with E-state index in [4.69, 9.17) is 27.9 Å². The van der Waals surface area contributed by atoms with Gasteiger partial charge in [-0.1, -0.05) is 49.2 Å². The Balaban J connectivity index is 2.10. The second-order valence-corrected chi connectivity index (χ2v) is 8.63. The Kier molecular flexibility index (Phi) is 5.84. The smallest absolute Gasteiger partial charge is 0.272 e. The summed E-state index contributed by atoms with van der Waals surface area (Å²) in [7, 11) is 1.57. The van der Waals surface area contributed by atoms with E-state index in [1.807, 2.05) is 13.8 Å². The van der Waals surface area contributed by atoms with Crippen molar-refractivity contribution in [2.45, 2.75) is 19.1 Å². The van der Waals surface area contributed by atoms with E-state index in [1.54, 1.807) is 49.6 Å². The third-order valence-electron chi connectivity index (χ3n) is 3.88. The number of imide groups is 1. The van der Waals surface area contributed by atoms with Gasteiger partial charge in [0.05, 0.1) is 23.3 Å². The molecule has 2 aromatic carbocycles. The van der Waals surface area contributed by atoms with Crippen molar-refractivity contribution in [3.05, 3.63) is 63.0 Å². The first-order valence-corrected chi connectivity index (χ1v) is 9.85. The molecule has 0 unspecified atom stereocenters. The Bertz CT molecular complexity index is 918. The number of methoxy groups -OCH3 is 1. The molecule has 0 radical (unpaired) electrons. The fourth-order valence-electron chi connectivity index (χ4n) is 2.77. The SMILES string of the molecule is COc1ccc(C2=C(SC(C)C)C(=O)N(c3cc(Cl)cc(Cl)c3)C2=O)cc1. The molecular formula is C20H17Cl2NO3S. The summed E-state index contributed by atoms with van der Waals surface area (Å²) in [5.74, 6) is -0.0952. The second-order valence-electron chi connectivity index (χ2n) is 6.17. The van der Waals surface area contributed by atoms with Crippen molar-refractivity contribution in [1.29, 1.82) is 0 Å². The van der Waals surface area contributed by atoms with E-state index in [2.05, 4.69) is 0 Å². The van der Waals surface area contributed by atoms with Crippen LogP contribution in [0.1, 0.15) is 19.4 Å². The van der Waals surface area contributed by atoms with Gasteiger partial charge in [0.2, 0.25) is 0 Å². The van der Waals surface area contributed by atoms with E-state index in [0.29, 0.717) is 37.5 Å². The third kappa shape index (κ3) is 4.00. The molecule has 0 aromatic heterocycles. The Morgan fingerprint density at radius 1 is 0.963 bits per heavy atom. The van der Waals surface area contributed by atoms with E-state index in [-0.39, 0.29) is 11.2 Å². The maximum absolute atomic E-state index is 13.2. The van der Waals surface area contributed by atoms with Gasteiger partial charge < -0.3 is 4.74 Å². The van der Waals surface area contributed by atoms with Gasteiger partial charge in [0.15, 0.2) is 0 Å². The Morgan fingerprint density at radius 2 is 1.56 bits per heavy atom. The number of carbonyl (C=O) groups is 2. The molecule has 1 aliphatic heterocycles. The molecule has 0 saturated carbocycles. The average molecular weight is 422 g/mol. The number of benzene rings is 2. The molecule has 0 spiro atoms. The number of thioether (sulfide) groups is 1. The first-order valence-electron chi connectivity index (χ1n) is 8.22. The van der Waals surface area contributed by atoms with Gasteiger partial charge in [0, 0.05) is 15.3 Å². The van der Waals surface area contributed by atoms with E-state index < -0.39 is 5.91 Å². The summed E-state index contributed by atoms with van der Waals surface area (Å²) >= 11 is 13.5. The van der Waals surface area contributed by atoms with Crippen LogP contribution >= 0.6 is 35.0 Å². The summed E-state index contributed by atoms with van der Waals surface area (Å²) in [6, 6.07) is 11.7. The zero-order chi connectivity index (χ0) is 19.7. The highest BCUT2D eigenvalue weighted by Crippen LogP contribution is 2.41.